The van der Waals surface area contributed by atoms with Gasteiger partial charge >= 0.3 is 6.18 Å². The summed E-state index contributed by atoms with van der Waals surface area (Å²) in [5.74, 6) is -0.673. The fourth-order valence-electron chi connectivity index (χ4n) is 1.95. The molecule has 0 aromatic carbocycles. The summed E-state index contributed by atoms with van der Waals surface area (Å²) < 4.78 is 42.5. The SMILES string of the molecule is COc1nc(C(F)(F)F)ccc1C(=O)N1CCNCC1.Cl. The highest BCUT2D eigenvalue weighted by Gasteiger charge is 2.34. The topological polar surface area (TPSA) is 54.5 Å². The normalized spacial score (nSPS) is 15.3. The van der Waals surface area contributed by atoms with Crippen molar-refractivity contribution in [3.63, 3.8) is 0 Å². The molecule has 1 aromatic rings. The molecule has 0 atom stereocenters. The maximum atomic E-state index is 12.6. The number of rotatable bonds is 2. The van der Waals surface area contributed by atoms with E-state index in [4.69, 9.17) is 4.74 Å². The maximum Gasteiger partial charge on any atom is 0.433 e. The van der Waals surface area contributed by atoms with Gasteiger partial charge in [-0.25, -0.2) is 4.98 Å². The van der Waals surface area contributed by atoms with Crippen molar-refractivity contribution in [1.82, 2.24) is 15.2 Å². The molecule has 1 fully saturated rings. The third-order valence-corrected chi connectivity index (χ3v) is 2.98. The van der Waals surface area contributed by atoms with Gasteiger partial charge in [-0.2, -0.15) is 13.2 Å². The highest BCUT2D eigenvalue weighted by atomic mass is 35.5. The fraction of sp³-hybridized carbons (Fsp3) is 0.500. The fourth-order valence-corrected chi connectivity index (χ4v) is 1.95. The Balaban J connectivity index is 0.00000220. The first-order chi connectivity index (χ1) is 9.43. The molecule has 1 amide bonds. The van der Waals surface area contributed by atoms with E-state index in [2.05, 4.69) is 10.3 Å². The second-order valence-corrected chi connectivity index (χ2v) is 4.29. The van der Waals surface area contributed by atoms with Crippen molar-refractivity contribution < 1.29 is 22.7 Å². The first-order valence-electron chi connectivity index (χ1n) is 6.05. The van der Waals surface area contributed by atoms with Crippen molar-refractivity contribution in [2.75, 3.05) is 33.3 Å². The van der Waals surface area contributed by atoms with Crippen LogP contribution in [0.1, 0.15) is 16.1 Å². The number of amides is 1. The highest BCUT2D eigenvalue weighted by molar-refractivity contribution is 5.96. The molecule has 0 spiro atoms. The molecule has 9 heteroatoms. The lowest BCUT2D eigenvalue weighted by molar-refractivity contribution is -0.141. The number of hydrogen-bond donors (Lipinski definition) is 1. The quantitative estimate of drug-likeness (QED) is 0.897. The van der Waals surface area contributed by atoms with Crippen molar-refractivity contribution in [2.45, 2.75) is 6.18 Å². The molecule has 1 aliphatic rings. The van der Waals surface area contributed by atoms with E-state index in [-0.39, 0.29) is 29.8 Å². The van der Waals surface area contributed by atoms with Gasteiger partial charge in [0.1, 0.15) is 11.3 Å². The van der Waals surface area contributed by atoms with Gasteiger partial charge in [0.2, 0.25) is 5.88 Å². The van der Waals surface area contributed by atoms with Gasteiger partial charge in [0, 0.05) is 26.2 Å². The Kier molecular flexibility index (Phi) is 5.79. The molecular weight excluding hydrogens is 311 g/mol. The first-order valence-corrected chi connectivity index (χ1v) is 6.05. The molecule has 0 bridgehead atoms. The molecule has 1 aliphatic heterocycles. The van der Waals surface area contributed by atoms with Gasteiger partial charge in [0.15, 0.2) is 0 Å². The average Bonchev–Trinajstić information content (AvgIpc) is 2.45. The Morgan fingerprint density at radius 1 is 1.33 bits per heavy atom. The number of aromatic nitrogens is 1. The summed E-state index contributed by atoms with van der Waals surface area (Å²) in [6, 6.07) is 1.90. The zero-order valence-corrected chi connectivity index (χ0v) is 12.1. The average molecular weight is 326 g/mol. The Hall–Kier alpha value is -1.54. The highest BCUT2D eigenvalue weighted by Crippen LogP contribution is 2.30. The van der Waals surface area contributed by atoms with Crippen molar-refractivity contribution in [3.05, 3.63) is 23.4 Å². The predicted molar refractivity (Wildman–Crippen MR) is 71.8 cm³/mol. The smallest absolute Gasteiger partial charge is 0.433 e. The molecule has 118 valence electrons. The minimum Gasteiger partial charge on any atom is -0.480 e. The number of nitrogens with zero attached hydrogens (tertiary/aromatic N) is 2. The van der Waals surface area contributed by atoms with E-state index < -0.39 is 11.9 Å². The molecule has 1 saturated heterocycles. The van der Waals surface area contributed by atoms with E-state index in [0.29, 0.717) is 26.2 Å². The van der Waals surface area contributed by atoms with Crippen LogP contribution in [0.5, 0.6) is 5.88 Å². The zero-order valence-electron chi connectivity index (χ0n) is 11.2. The van der Waals surface area contributed by atoms with Gasteiger partial charge < -0.3 is 15.0 Å². The molecule has 2 rings (SSSR count). The van der Waals surface area contributed by atoms with Crippen molar-refractivity contribution in [2.24, 2.45) is 0 Å². The molecule has 0 saturated carbocycles. The largest absolute Gasteiger partial charge is 0.480 e. The van der Waals surface area contributed by atoms with Crippen molar-refractivity contribution in [1.29, 1.82) is 0 Å². The minimum atomic E-state index is -4.57. The summed E-state index contributed by atoms with van der Waals surface area (Å²) in [5.41, 5.74) is -1.03. The standard InChI is InChI=1S/C12H14F3N3O2.ClH/c1-20-10-8(2-3-9(17-10)12(13,14)15)11(19)18-6-4-16-5-7-18;/h2-3,16H,4-7H2,1H3;1H. The zero-order chi connectivity index (χ0) is 14.8. The number of carbonyl (C=O) groups is 1. The Morgan fingerprint density at radius 2 is 1.95 bits per heavy atom. The van der Waals surface area contributed by atoms with Crippen molar-refractivity contribution >= 4 is 18.3 Å². The van der Waals surface area contributed by atoms with Crippen LogP contribution in [0.3, 0.4) is 0 Å². The second-order valence-electron chi connectivity index (χ2n) is 4.29. The number of ether oxygens (including phenoxy) is 1. The van der Waals surface area contributed by atoms with Crippen LogP contribution in [0.15, 0.2) is 12.1 Å². The molecule has 1 N–H and O–H groups in total. The molecule has 0 unspecified atom stereocenters. The van der Waals surface area contributed by atoms with Crippen LogP contribution in [-0.4, -0.2) is 49.1 Å². The van der Waals surface area contributed by atoms with E-state index >= 15 is 0 Å². The van der Waals surface area contributed by atoms with Gasteiger partial charge in [-0.15, -0.1) is 12.4 Å². The Labute approximate surface area is 125 Å². The van der Waals surface area contributed by atoms with Crippen molar-refractivity contribution in [3.8, 4) is 5.88 Å². The summed E-state index contributed by atoms with van der Waals surface area (Å²) in [6.45, 7) is 2.32. The lowest BCUT2D eigenvalue weighted by Gasteiger charge is -2.27. The molecule has 2 heterocycles. The summed E-state index contributed by atoms with van der Waals surface area (Å²) >= 11 is 0. The maximum absolute atomic E-state index is 12.6. The van der Waals surface area contributed by atoms with Gasteiger partial charge in [-0.3, -0.25) is 4.79 Å². The number of halogens is 4. The Morgan fingerprint density at radius 3 is 2.48 bits per heavy atom. The van der Waals surface area contributed by atoms with E-state index in [1.165, 1.54) is 7.11 Å². The summed E-state index contributed by atoms with van der Waals surface area (Å²) in [5, 5.41) is 3.09. The van der Waals surface area contributed by atoms with Gasteiger partial charge in [0.05, 0.1) is 7.11 Å². The van der Waals surface area contributed by atoms with Crippen LogP contribution in [0.2, 0.25) is 0 Å². The number of methoxy groups -OCH3 is 1. The summed E-state index contributed by atoms with van der Waals surface area (Å²) in [6.07, 6.45) is -4.57. The monoisotopic (exact) mass is 325 g/mol. The third kappa shape index (κ3) is 3.98. The number of hydrogen-bond acceptors (Lipinski definition) is 4. The van der Waals surface area contributed by atoms with Crippen LogP contribution in [0.25, 0.3) is 0 Å². The number of carbonyl (C=O) groups excluding carboxylic acids is 1. The van der Waals surface area contributed by atoms with Gasteiger partial charge in [-0.1, -0.05) is 0 Å². The predicted octanol–water partition coefficient (Wildman–Crippen LogP) is 1.58. The minimum absolute atomic E-state index is 0. The van der Waals surface area contributed by atoms with Crippen LogP contribution < -0.4 is 10.1 Å². The number of nitrogens with one attached hydrogen (secondary N) is 1. The molecular formula is C12H15ClF3N3O2. The number of piperazine rings is 1. The second kappa shape index (κ2) is 6.95. The molecule has 0 aliphatic carbocycles. The van der Waals surface area contributed by atoms with Gasteiger partial charge in [0.25, 0.3) is 5.91 Å². The van der Waals surface area contributed by atoms with E-state index in [1.807, 2.05) is 0 Å². The van der Waals surface area contributed by atoms with Crippen LogP contribution >= 0.6 is 12.4 Å². The molecule has 1 aromatic heterocycles. The lowest BCUT2D eigenvalue weighted by atomic mass is 10.2. The molecule has 21 heavy (non-hydrogen) atoms. The van der Waals surface area contributed by atoms with Crippen LogP contribution in [0, 0.1) is 0 Å². The van der Waals surface area contributed by atoms with Crippen LogP contribution in [0.4, 0.5) is 13.2 Å². The molecule has 0 radical (unpaired) electrons. The summed E-state index contributed by atoms with van der Waals surface area (Å²) in [4.78, 5) is 17.2. The van der Waals surface area contributed by atoms with E-state index in [1.54, 1.807) is 4.90 Å². The summed E-state index contributed by atoms with van der Waals surface area (Å²) in [7, 11) is 1.19. The first kappa shape index (κ1) is 17.5. The third-order valence-electron chi connectivity index (χ3n) is 2.98. The molecule has 5 nitrogen and oxygen atoms in total. The number of alkyl halides is 3. The van der Waals surface area contributed by atoms with E-state index in [0.717, 1.165) is 12.1 Å². The number of pyridine rings is 1. The Bertz CT molecular complexity index is 505. The van der Waals surface area contributed by atoms with Gasteiger partial charge in [-0.05, 0) is 12.1 Å². The lowest BCUT2D eigenvalue weighted by Crippen LogP contribution is -2.46. The van der Waals surface area contributed by atoms with E-state index in [9.17, 15) is 18.0 Å². The van der Waals surface area contributed by atoms with Crippen LogP contribution in [-0.2, 0) is 6.18 Å².